The number of rotatable bonds is 8. The zero-order chi connectivity index (χ0) is 25.8. The predicted molar refractivity (Wildman–Crippen MR) is 151 cm³/mol. The molecule has 2 aromatic heterocycles. The molecule has 1 atom stereocenters. The highest BCUT2D eigenvalue weighted by atomic mass is 35.5. The molecule has 2 heterocycles. The Morgan fingerprint density at radius 2 is 1.76 bits per heavy atom. The van der Waals surface area contributed by atoms with Gasteiger partial charge in [0.1, 0.15) is 10.7 Å². The Hall–Kier alpha value is -3.46. The smallest absolute Gasteiger partial charge is 0.271 e. The quantitative estimate of drug-likeness (QED) is 0.210. The molecule has 3 aromatic carbocycles. The first-order valence-electron chi connectivity index (χ1n) is 11.7. The van der Waals surface area contributed by atoms with Crippen LogP contribution in [0.2, 0.25) is 5.02 Å². The van der Waals surface area contributed by atoms with Gasteiger partial charge in [0.25, 0.3) is 5.91 Å². The minimum Gasteiger partial charge on any atom is -0.344 e. The van der Waals surface area contributed by atoms with E-state index in [0.717, 1.165) is 32.5 Å². The topological polar surface area (TPSA) is 72.7 Å². The van der Waals surface area contributed by atoms with Crippen molar-refractivity contribution in [2.24, 2.45) is 0 Å². The number of halogens is 1. The van der Waals surface area contributed by atoms with Crippen LogP contribution in [0.15, 0.2) is 89.4 Å². The van der Waals surface area contributed by atoms with E-state index in [2.05, 4.69) is 33.5 Å². The average Bonchev–Trinajstić information content (AvgIpc) is 3.56. The van der Waals surface area contributed by atoms with Crippen LogP contribution < -0.4 is 5.32 Å². The van der Waals surface area contributed by atoms with Crippen LogP contribution in [0, 0.1) is 6.92 Å². The number of amides is 1. The molecule has 37 heavy (non-hydrogen) atoms. The van der Waals surface area contributed by atoms with Gasteiger partial charge >= 0.3 is 0 Å². The normalized spacial score (nSPS) is 11.9. The first kappa shape index (κ1) is 25.2. The van der Waals surface area contributed by atoms with Gasteiger partial charge in [-0.1, -0.05) is 84.0 Å². The summed E-state index contributed by atoms with van der Waals surface area (Å²) >= 11 is 9.50. The molecule has 0 bridgehead atoms. The lowest BCUT2D eigenvalue weighted by atomic mass is 10.1. The van der Waals surface area contributed by atoms with Gasteiger partial charge < -0.3 is 5.32 Å². The third kappa shape index (κ3) is 5.61. The van der Waals surface area contributed by atoms with Gasteiger partial charge in [-0.2, -0.15) is 0 Å². The molecular weight excluding hydrogens is 522 g/mol. The van der Waals surface area contributed by atoms with E-state index in [0.29, 0.717) is 22.3 Å². The minimum absolute atomic E-state index is 0.107. The maximum Gasteiger partial charge on any atom is 0.271 e. The average molecular weight is 546 g/mol. The second-order valence-electron chi connectivity index (χ2n) is 8.43. The molecule has 0 radical (unpaired) electrons. The van der Waals surface area contributed by atoms with Crippen molar-refractivity contribution in [3.8, 4) is 17.1 Å². The van der Waals surface area contributed by atoms with Crippen molar-refractivity contribution in [3.05, 3.63) is 111 Å². The van der Waals surface area contributed by atoms with E-state index in [1.165, 1.54) is 23.1 Å². The SMILES string of the molecule is Cc1ccccc1-n1c(SCc2nc(C(=O)NC(C)c3ccccc3)cs2)nnc1-c1ccccc1Cl. The van der Waals surface area contributed by atoms with E-state index < -0.39 is 0 Å². The summed E-state index contributed by atoms with van der Waals surface area (Å²) in [5, 5.41) is 16.0. The molecule has 0 spiro atoms. The molecule has 5 rings (SSSR count). The highest BCUT2D eigenvalue weighted by molar-refractivity contribution is 7.98. The lowest BCUT2D eigenvalue weighted by molar-refractivity contribution is 0.0935. The molecule has 1 unspecified atom stereocenters. The van der Waals surface area contributed by atoms with Crippen LogP contribution in [0.3, 0.4) is 0 Å². The van der Waals surface area contributed by atoms with Crippen LogP contribution in [0.5, 0.6) is 0 Å². The summed E-state index contributed by atoms with van der Waals surface area (Å²) in [4.78, 5) is 17.4. The van der Waals surface area contributed by atoms with Crippen molar-refractivity contribution in [3.63, 3.8) is 0 Å². The first-order chi connectivity index (χ1) is 18.0. The summed E-state index contributed by atoms with van der Waals surface area (Å²) in [5.41, 5.74) is 4.36. The lowest BCUT2D eigenvalue weighted by Gasteiger charge is -2.13. The van der Waals surface area contributed by atoms with Crippen LogP contribution >= 0.6 is 34.7 Å². The molecule has 6 nitrogen and oxygen atoms in total. The molecule has 0 aliphatic rings. The highest BCUT2D eigenvalue weighted by Crippen LogP contribution is 2.34. The number of thiazole rings is 1. The summed E-state index contributed by atoms with van der Waals surface area (Å²) < 4.78 is 2.03. The standard InChI is InChI=1S/C28H24ClN5OS2/c1-18-10-6-9-15-24(18)34-26(21-13-7-8-14-22(21)29)32-33-28(34)37-17-25-31-23(16-36-25)27(35)30-19(2)20-11-4-3-5-12-20/h3-16,19H,17H2,1-2H3,(H,30,35). The summed E-state index contributed by atoms with van der Waals surface area (Å²) in [5.74, 6) is 1.04. The number of nitrogens with one attached hydrogen (secondary N) is 1. The Morgan fingerprint density at radius 3 is 2.54 bits per heavy atom. The van der Waals surface area contributed by atoms with Gasteiger partial charge in [0.2, 0.25) is 0 Å². The molecule has 0 fully saturated rings. The zero-order valence-corrected chi connectivity index (χ0v) is 22.6. The molecule has 0 aliphatic heterocycles. The van der Waals surface area contributed by atoms with Crippen molar-refractivity contribution in [2.75, 3.05) is 0 Å². The second kappa shape index (κ2) is 11.3. The van der Waals surface area contributed by atoms with E-state index in [9.17, 15) is 4.79 Å². The van der Waals surface area contributed by atoms with E-state index in [-0.39, 0.29) is 11.9 Å². The fraction of sp³-hybridized carbons (Fsp3) is 0.143. The molecule has 0 aliphatic carbocycles. The molecule has 0 saturated carbocycles. The maximum absolute atomic E-state index is 12.8. The van der Waals surface area contributed by atoms with Crippen molar-refractivity contribution in [1.29, 1.82) is 0 Å². The van der Waals surface area contributed by atoms with Gasteiger partial charge in [-0.15, -0.1) is 21.5 Å². The van der Waals surface area contributed by atoms with Gasteiger partial charge in [0.05, 0.1) is 22.5 Å². The number of benzene rings is 3. The largest absolute Gasteiger partial charge is 0.344 e. The molecule has 0 saturated heterocycles. The molecule has 1 amide bonds. The van der Waals surface area contributed by atoms with Gasteiger partial charge in [-0.3, -0.25) is 9.36 Å². The highest BCUT2D eigenvalue weighted by Gasteiger charge is 2.20. The van der Waals surface area contributed by atoms with Crippen LogP contribution in [-0.4, -0.2) is 25.7 Å². The first-order valence-corrected chi connectivity index (χ1v) is 13.9. The number of thioether (sulfide) groups is 1. The third-order valence-corrected chi connectivity index (χ3v) is 8.16. The fourth-order valence-corrected chi connectivity index (χ4v) is 5.87. The van der Waals surface area contributed by atoms with E-state index >= 15 is 0 Å². The summed E-state index contributed by atoms with van der Waals surface area (Å²) in [6.07, 6.45) is 0. The third-order valence-electron chi connectivity index (χ3n) is 5.86. The number of carbonyl (C=O) groups is 1. The number of carbonyl (C=O) groups excluding carboxylic acids is 1. The summed E-state index contributed by atoms with van der Waals surface area (Å²) in [6, 6.07) is 25.5. The van der Waals surface area contributed by atoms with Crippen molar-refractivity contribution in [2.45, 2.75) is 30.8 Å². The van der Waals surface area contributed by atoms with Crippen molar-refractivity contribution in [1.82, 2.24) is 25.1 Å². The summed E-state index contributed by atoms with van der Waals surface area (Å²) in [6.45, 7) is 4.02. The maximum atomic E-state index is 12.8. The van der Waals surface area contributed by atoms with Crippen LogP contribution in [0.1, 0.15) is 39.6 Å². The molecule has 9 heteroatoms. The van der Waals surface area contributed by atoms with E-state index in [1.54, 1.807) is 5.38 Å². The minimum atomic E-state index is -0.187. The Kier molecular flexibility index (Phi) is 7.69. The monoisotopic (exact) mass is 545 g/mol. The van der Waals surface area contributed by atoms with Gasteiger partial charge in [0, 0.05) is 10.9 Å². The van der Waals surface area contributed by atoms with Crippen molar-refractivity contribution < 1.29 is 4.79 Å². The Labute approximate surface area is 228 Å². The molecular formula is C28H24ClN5OS2. The Balaban J connectivity index is 1.36. The number of nitrogens with zero attached hydrogens (tertiary/aromatic N) is 4. The number of hydrogen-bond acceptors (Lipinski definition) is 6. The molecule has 186 valence electrons. The number of hydrogen-bond donors (Lipinski definition) is 1. The van der Waals surface area contributed by atoms with Crippen LogP contribution in [-0.2, 0) is 5.75 Å². The molecule has 1 N–H and O–H groups in total. The number of aromatic nitrogens is 4. The molecule has 5 aromatic rings. The van der Waals surface area contributed by atoms with Crippen LogP contribution in [0.25, 0.3) is 17.1 Å². The van der Waals surface area contributed by atoms with Gasteiger partial charge in [-0.05, 0) is 43.2 Å². The second-order valence-corrected chi connectivity index (χ2v) is 10.7. The Morgan fingerprint density at radius 1 is 1.03 bits per heavy atom. The Bertz CT molecular complexity index is 1530. The van der Waals surface area contributed by atoms with E-state index in [4.69, 9.17) is 11.6 Å². The zero-order valence-electron chi connectivity index (χ0n) is 20.3. The predicted octanol–water partition coefficient (Wildman–Crippen LogP) is 7.14. The number of para-hydroxylation sites is 1. The van der Waals surface area contributed by atoms with Crippen molar-refractivity contribution >= 4 is 40.6 Å². The van der Waals surface area contributed by atoms with Gasteiger partial charge in [0.15, 0.2) is 11.0 Å². The lowest BCUT2D eigenvalue weighted by Crippen LogP contribution is -2.26. The summed E-state index contributed by atoms with van der Waals surface area (Å²) in [7, 11) is 0. The number of aryl methyl sites for hydroxylation is 1. The van der Waals surface area contributed by atoms with Gasteiger partial charge in [-0.25, -0.2) is 4.98 Å². The van der Waals surface area contributed by atoms with Crippen LogP contribution in [0.4, 0.5) is 0 Å². The van der Waals surface area contributed by atoms with E-state index in [1.807, 2.05) is 84.3 Å². The fourth-order valence-electron chi connectivity index (χ4n) is 3.92.